The Morgan fingerprint density at radius 3 is 2.80 bits per heavy atom. The number of hydrogen-bond acceptors (Lipinski definition) is 4. The Hall–Kier alpha value is -2.41. The van der Waals surface area contributed by atoms with Gasteiger partial charge in [-0.2, -0.15) is 5.10 Å². The highest BCUT2D eigenvalue weighted by Gasteiger charge is 2.28. The van der Waals surface area contributed by atoms with Gasteiger partial charge in [0.05, 0.1) is 6.54 Å². The van der Waals surface area contributed by atoms with Crippen molar-refractivity contribution in [2.45, 2.75) is 39.0 Å². The molecule has 1 aromatic heterocycles. The van der Waals surface area contributed by atoms with Crippen molar-refractivity contribution in [3.8, 4) is 0 Å². The van der Waals surface area contributed by atoms with Crippen LogP contribution in [0, 0.1) is 0 Å². The first-order chi connectivity index (χ1) is 12.1. The largest absolute Gasteiger partial charge is 0.334 e. The number of rotatable bonds is 5. The van der Waals surface area contributed by atoms with Crippen LogP contribution in [0.3, 0.4) is 0 Å². The van der Waals surface area contributed by atoms with E-state index in [1.807, 2.05) is 17.9 Å². The highest BCUT2D eigenvalue weighted by atomic mass is 16.2. The molecule has 2 aromatic rings. The zero-order valence-corrected chi connectivity index (χ0v) is 14.9. The van der Waals surface area contributed by atoms with E-state index >= 15 is 0 Å². The monoisotopic (exact) mass is 342 g/mol. The summed E-state index contributed by atoms with van der Waals surface area (Å²) in [6, 6.07) is 10.7. The van der Waals surface area contributed by atoms with Gasteiger partial charge >= 0.3 is 6.03 Å². The molecular weight excluding hydrogens is 316 g/mol. The third kappa shape index (κ3) is 4.79. The molecule has 2 amide bonds. The molecule has 25 heavy (non-hydrogen) atoms. The lowest BCUT2D eigenvalue weighted by Crippen LogP contribution is -2.57. The second-order valence-electron chi connectivity index (χ2n) is 6.73. The van der Waals surface area contributed by atoms with Gasteiger partial charge in [0, 0.05) is 38.3 Å². The Kier molecular flexibility index (Phi) is 5.65. The van der Waals surface area contributed by atoms with Gasteiger partial charge in [-0.25, -0.2) is 9.78 Å². The van der Waals surface area contributed by atoms with Gasteiger partial charge in [-0.3, -0.25) is 9.58 Å². The van der Waals surface area contributed by atoms with E-state index in [9.17, 15) is 4.79 Å². The van der Waals surface area contributed by atoms with E-state index in [0.717, 1.165) is 26.2 Å². The number of piperazine rings is 1. The Morgan fingerprint density at radius 1 is 1.32 bits per heavy atom. The Morgan fingerprint density at radius 2 is 2.12 bits per heavy atom. The molecule has 1 fully saturated rings. The minimum absolute atomic E-state index is 0.000485. The van der Waals surface area contributed by atoms with Gasteiger partial charge in [0.2, 0.25) is 0 Å². The highest BCUT2D eigenvalue weighted by Crippen LogP contribution is 2.13. The van der Waals surface area contributed by atoms with Crippen LogP contribution in [0.15, 0.2) is 43.0 Å². The summed E-state index contributed by atoms with van der Waals surface area (Å²) in [5, 5.41) is 7.14. The maximum Gasteiger partial charge on any atom is 0.317 e. The summed E-state index contributed by atoms with van der Waals surface area (Å²) in [6.07, 6.45) is 3.16. The van der Waals surface area contributed by atoms with E-state index in [1.54, 1.807) is 11.0 Å². The van der Waals surface area contributed by atoms with Crippen LogP contribution >= 0.6 is 0 Å². The smallest absolute Gasteiger partial charge is 0.317 e. The van der Waals surface area contributed by atoms with Crippen molar-refractivity contribution >= 4 is 6.03 Å². The van der Waals surface area contributed by atoms with Crippen molar-refractivity contribution in [1.82, 2.24) is 29.9 Å². The zero-order chi connectivity index (χ0) is 17.6. The van der Waals surface area contributed by atoms with Crippen LogP contribution in [-0.4, -0.2) is 62.3 Å². The molecule has 0 aliphatic carbocycles. The van der Waals surface area contributed by atoms with Crippen molar-refractivity contribution < 1.29 is 4.79 Å². The van der Waals surface area contributed by atoms with E-state index in [0.29, 0.717) is 6.54 Å². The summed E-state index contributed by atoms with van der Waals surface area (Å²) in [4.78, 5) is 20.8. The minimum atomic E-state index is -0.000485. The summed E-state index contributed by atoms with van der Waals surface area (Å²) in [5.74, 6) is 0. The summed E-state index contributed by atoms with van der Waals surface area (Å²) in [6.45, 7) is 8.17. The number of nitrogens with zero attached hydrogens (tertiary/aromatic N) is 5. The Bertz CT molecular complexity index is 659. The van der Waals surface area contributed by atoms with Crippen LogP contribution in [0.2, 0.25) is 0 Å². The standard InChI is InChI=1S/C18H26N6O/c1-15(10-23-14-19-13-20-23)21-18(25)24-9-8-22(11-16(24)2)12-17-6-4-3-5-7-17/h3-7,13-16H,8-12H2,1-2H3,(H,21,25)/t15-,16-/m1/s1. The van der Waals surface area contributed by atoms with E-state index in [4.69, 9.17) is 0 Å². The summed E-state index contributed by atoms with van der Waals surface area (Å²) >= 11 is 0. The number of amides is 2. The van der Waals surface area contributed by atoms with E-state index < -0.39 is 0 Å². The molecule has 0 bridgehead atoms. The Balaban J connectivity index is 1.48. The molecule has 2 heterocycles. The molecule has 7 heteroatoms. The fraction of sp³-hybridized carbons (Fsp3) is 0.500. The molecule has 7 nitrogen and oxygen atoms in total. The highest BCUT2D eigenvalue weighted by molar-refractivity contribution is 5.75. The van der Waals surface area contributed by atoms with Gasteiger partial charge < -0.3 is 10.2 Å². The summed E-state index contributed by atoms with van der Waals surface area (Å²) in [7, 11) is 0. The fourth-order valence-electron chi connectivity index (χ4n) is 3.27. The number of carbonyl (C=O) groups excluding carboxylic acids is 1. The second-order valence-corrected chi connectivity index (χ2v) is 6.73. The van der Waals surface area contributed by atoms with E-state index in [1.165, 1.54) is 11.9 Å². The maximum atomic E-state index is 12.6. The van der Waals surface area contributed by atoms with Crippen LogP contribution in [0.25, 0.3) is 0 Å². The number of benzene rings is 1. The molecule has 0 spiro atoms. The van der Waals surface area contributed by atoms with Crippen LogP contribution in [0.5, 0.6) is 0 Å². The van der Waals surface area contributed by atoms with Crippen LogP contribution < -0.4 is 5.32 Å². The average Bonchev–Trinajstić information content (AvgIpc) is 3.08. The van der Waals surface area contributed by atoms with Crippen LogP contribution in [-0.2, 0) is 13.1 Å². The van der Waals surface area contributed by atoms with Crippen molar-refractivity contribution in [1.29, 1.82) is 0 Å². The normalized spacial score (nSPS) is 19.6. The van der Waals surface area contributed by atoms with Gasteiger partial charge in [0.1, 0.15) is 12.7 Å². The van der Waals surface area contributed by atoms with Crippen molar-refractivity contribution in [3.05, 3.63) is 48.5 Å². The molecule has 1 aliphatic rings. The molecule has 134 valence electrons. The van der Waals surface area contributed by atoms with E-state index in [-0.39, 0.29) is 18.1 Å². The molecule has 1 saturated heterocycles. The summed E-state index contributed by atoms with van der Waals surface area (Å²) in [5.41, 5.74) is 1.31. The first-order valence-corrected chi connectivity index (χ1v) is 8.77. The Labute approximate surface area is 148 Å². The molecule has 3 rings (SSSR count). The lowest BCUT2D eigenvalue weighted by atomic mass is 10.1. The van der Waals surface area contributed by atoms with Crippen LogP contribution in [0.4, 0.5) is 4.79 Å². The first kappa shape index (κ1) is 17.4. The van der Waals surface area contributed by atoms with Crippen molar-refractivity contribution in [2.24, 2.45) is 0 Å². The second kappa shape index (κ2) is 8.11. The van der Waals surface area contributed by atoms with Crippen LogP contribution in [0.1, 0.15) is 19.4 Å². The fourth-order valence-corrected chi connectivity index (χ4v) is 3.27. The van der Waals surface area contributed by atoms with Gasteiger partial charge in [0.25, 0.3) is 0 Å². The topological polar surface area (TPSA) is 66.3 Å². The third-order valence-corrected chi connectivity index (χ3v) is 4.52. The molecular formula is C18H26N6O. The van der Waals surface area contributed by atoms with Crippen molar-refractivity contribution in [2.75, 3.05) is 19.6 Å². The molecule has 1 aromatic carbocycles. The SMILES string of the molecule is C[C@H](Cn1cncn1)NC(=O)N1CCN(Cc2ccccc2)C[C@H]1C. The minimum Gasteiger partial charge on any atom is -0.334 e. The number of aromatic nitrogens is 3. The molecule has 1 aliphatic heterocycles. The lowest BCUT2D eigenvalue weighted by Gasteiger charge is -2.40. The predicted octanol–water partition coefficient (Wildman–Crippen LogP) is 1.58. The number of nitrogens with one attached hydrogen (secondary N) is 1. The first-order valence-electron chi connectivity index (χ1n) is 8.77. The number of hydrogen-bond donors (Lipinski definition) is 1. The van der Waals surface area contributed by atoms with Gasteiger partial charge in [-0.1, -0.05) is 30.3 Å². The maximum absolute atomic E-state index is 12.6. The molecule has 0 radical (unpaired) electrons. The predicted molar refractivity (Wildman–Crippen MR) is 95.9 cm³/mol. The van der Waals surface area contributed by atoms with Crippen molar-refractivity contribution in [3.63, 3.8) is 0 Å². The van der Waals surface area contributed by atoms with Gasteiger partial charge in [0.15, 0.2) is 0 Å². The average molecular weight is 342 g/mol. The molecule has 0 unspecified atom stereocenters. The number of carbonyl (C=O) groups is 1. The van der Waals surface area contributed by atoms with Gasteiger partial charge in [-0.15, -0.1) is 0 Å². The molecule has 0 saturated carbocycles. The van der Waals surface area contributed by atoms with E-state index in [2.05, 4.69) is 51.5 Å². The quantitative estimate of drug-likeness (QED) is 0.896. The number of urea groups is 1. The molecule has 2 atom stereocenters. The zero-order valence-electron chi connectivity index (χ0n) is 14.9. The lowest BCUT2D eigenvalue weighted by molar-refractivity contribution is 0.0959. The summed E-state index contributed by atoms with van der Waals surface area (Å²) < 4.78 is 1.73. The third-order valence-electron chi connectivity index (χ3n) is 4.52. The molecule has 1 N–H and O–H groups in total. The van der Waals surface area contributed by atoms with Gasteiger partial charge in [-0.05, 0) is 19.4 Å².